The zero-order chi connectivity index (χ0) is 19.1. The van der Waals surface area contributed by atoms with E-state index in [9.17, 15) is 4.79 Å². The smallest absolute Gasteiger partial charge is 0.231 e. The number of benzene rings is 1. The van der Waals surface area contributed by atoms with Crippen LogP contribution in [0.5, 0.6) is 5.75 Å². The highest BCUT2D eigenvalue weighted by Gasteiger charge is 2.42. The maximum absolute atomic E-state index is 13.2. The van der Waals surface area contributed by atoms with Crippen LogP contribution >= 0.6 is 36.4 Å². The summed E-state index contributed by atoms with van der Waals surface area (Å²) >= 11 is 6.11. The van der Waals surface area contributed by atoms with Gasteiger partial charge in [-0.2, -0.15) is 0 Å². The molecule has 0 spiro atoms. The van der Waals surface area contributed by atoms with Crippen LogP contribution in [0.25, 0.3) is 0 Å². The predicted octanol–water partition coefficient (Wildman–Crippen LogP) is 2.72. The highest BCUT2D eigenvalue weighted by molar-refractivity contribution is 6.32. The molecular formula is C20H32Cl3N3O3. The quantitative estimate of drug-likeness (QED) is 0.667. The molecule has 0 atom stereocenters. The van der Waals surface area contributed by atoms with Crippen LogP contribution in [0.3, 0.4) is 0 Å². The normalized spacial score (nSPS) is 19.0. The number of carbonyl (C=O) groups excluding carboxylic acids is 1. The number of carbonyl (C=O) groups is 1. The molecule has 9 heteroatoms. The summed E-state index contributed by atoms with van der Waals surface area (Å²) in [6.45, 7) is 6.99. The molecule has 0 aromatic heterocycles. The van der Waals surface area contributed by atoms with Gasteiger partial charge in [-0.1, -0.05) is 23.7 Å². The van der Waals surface area contributed by atoms with E-state index < -0.39 is 0 Å². The topological polar surface area (TPSA) is 54.0 Å². The molecule has 1 N–H and O–H groups in total. The molecule has 2 heterocycles. The van der Waals surface area contributed by atoms with E-state index in [1.807, 2.05) is 29.2 Å². The molecular weight excluding hydrogens is 437 g/mol. The van der Waals surface area contributed by atoms with Crippen molar-refractivity contribution in [2.45, 2.75) is 12.8 Å². The molecule has 0 bridgehead atoms. The summed E-state index contributed by atoms with van der Waals surface area (Å²) in [5, 5.41) is 3.98. The molecule has 6 nitrogen and oxygen atoms in total. The molecule has 2 saturated heterocycles. The van der Waals surface area contributed by atoms with Gasteiger partial charge in [-0.25, -0.2) is 0 Å². The van der Waals surface area contributed by atoms with Gasteiger partial charge in [-0.3, -0.25) is 9.69 Å². The largest absolute Gasteiger partial charge is 0.491 e. The third-order valence-electron chi connectivity index (χ3n) is 5.60. The van der Waals surface area contributed by atoms with Crippen molar-refractivity contribution in [3.63, 3.8) is 0 Å². The third kappa shape index (κ3) is 6.88. The van der Waals surface area contributed by atoms with Crippen LogP contribution in [0.1, 0.15) is 12.8 Å². The molecule has 1 amide bonds. The van der Waals surface area contributed by atoms with E-state index in [1.54, 1.807) is 7.11 Å². The molecule has 2 fully saturated rings. The number of ether oxygens (including phenoxy) is 2. The van der Waals surface area contributed by atoms with Crippen LogP contribution in [0.4, 0.5) is 0 Å². The van der Waals surface area contributed by atoms with E-state index >= 15 is 0 Å². The van der Waals surface area contributed by atoms with E-state index in [-0.39, 0.29) is 36.1 Å². The number of hydrogen-bond donors (Lipinski definition) is 1. The van der Waals surface area contributed by atoms with Crippen molar-refractivity contribution < 1.29 is 14.3 Å². The lowest BCUT2D eigenvalue weighted by atomic mass is 9.78. The average molecular weight is 469 g/mol. The number of amides is 1. The monoisotopic (exact) mass is 467 g/mol. The van der Waals surface area contributed by atoms with Gasteiger partial charge in [0.2, 0.25) is 5.91 Å². The predicted molar refractivity (Wildman–Crippen MR) is 121 cm³/mol. The molecule has 29 heavy (non-hydrogen) atoms. The second-order valence-corrected chi connectivity index (χ2v) is 7.78. The Morgan fingerprint density at radius 1 is 1.14 bits per heavy atom. The zero-order valence-corrected chi connectivity index (χ0v) is 19.3. The van der Waals surface area contributed by atoms with Crippen molar-refractivity contribution in [2.24, 2.45) is 5.41 Å². The SMILES string of the molecule is COCC1(C(=O)N2CCN(CCOc3ccccc3Cl)CC2)CCNCC1.Cl.Cl. The number of nitrogens with one attached hydrogen (secondary N) is 1. The van der Waals surface area contributed by atoms with Crippen LogP contribution < -0.4 is 10.1 Å². The van der Waals surface area contributed by atoms with Gasteiger partial charge in [-0.05, 0) is 38.1 Å². The molecule has 3 rings (SSSR count). The lowest BCUT2D eigenvalue weighted by Crippen LogP contribution is -2.56. The Labute approximate surface area is 191 Å². The Morgan fingerprint density at radius 3 is 2.41 bits per heavy atom. The van der Waals surface area contributed by atoms with Gasteiger partial charge in [0.15, 0.2) is 0 Å². The van der Waals surface area contributed by atoms with Gasteiger partial charge in [-0.15, -0.1) is 24.8 Å². The molecule has 2 aliphatic rings. The summed E-state index contributed by atoms with van der Waals surface area (Å²) < 4.78 is 11.2. The Kier molecular flexibility index (Phi) is 11.6. The second-order valence-electron chi connectivity index (χ2n) is 7.38. The lowest BCUT2D eigenvalue weighted by molar-refractivity contribution is -0.149. The van der Waals surface area contributed by atoms with Crippen LogP contribution in [-0.4, -0.2) is 81.8 Å². The van der Waals surface area contributed by atoms with Crippen molar-refractivity contribution in [3.8, 4) is 5.75 Å². The zero-order valence-electron chi connectivity index (χ0n) is 16.9. The van der Waals surface area contributed by atoms with Crippen molar-refractivity contribution in [2.75, 3.05) is 66.1 Å². The number of piperidine rings is 1. The summed E-state index contributed by atoms with van der Waals surface area (Å²) in [5.74, 6) is 0.984. The fourth-order valence-electron chi connectivity index (χ4n) is 3.96. The molecule has 0 unspecified atom stereocenters. The molecule has 166 valence electrons. The summed E-state index contributed by atoms with van der Waals surface area (Å²) in [6.07, 6.45) is 1.71. The number of nitrogens with zero attached hydrogens (tertiary/aromatic N) is 2. The second kappa shape index (κ2) is 12.8. The number of methoxy groups -OCH3 is 1. The number of para-hydroxylation sites is 1. The third-order valence-corrected chi connectivity index (χ3v) is 5.91. The Morgan fingerprint density at radius 2 is 1.79 bits per heavy atom. The lowest BCUT2D eigenvalue weighted by Gasteiger charge is -2.42. The highest BCUT2D eigenvalue weighted by Crippen LogP contribution is 2.32. The first-order chi connectivity index (χ1) is 13.1. The van der Waals surface area contributed by atoms with Gasteiger partial charge >= 0.3 is 0 Å². The van der Waals surface area contributed by atoms with E-state index in [0.717, 1.165) is 64.4 Å². The fourth-order valence-corrected chi connectivity index (χ4v) is 4.15. The van der Waals surface area contributed by atoms with Gasteiger partial charge in [0.1, 0.15) is 12.4 Å². The minimum Gasteiger partial charge on any atom is -0.491 e. The first-order valence-corrected chi connectivity index (χ1v) is 10.1. The number of rotatable bonds is 7. The van der Waals surface area contributed by atoms with Crippen molar-refractivity contribution in [1.82, 2.24) is 15.1 Å². The first-order valence-electron chi connectivity index (χ1n) is 9.73. The van der Waals surface area contributed by atoms with E-state index in [4.69, 9.17) is 21.1 Å². The maximum atomic E-state index is 13.2. The number of piperazine rings is 1. The summed E-state index contributed by atoms with van der Waals surface area (Å²) in [7, 11) is 1.69. The van der Waals surface area contributed by atoms with E-state index in [1.165, 1.54) is 0 Å². The minimum absolute atomic E-state index is 0. The van der Waals surface area contributed by atoms with Gasteiger partial charge in [0.05, 0.1) is 17.0 Å². The Balaban J connectivity index is 0.00000210. The van der Waals surface area contributed by atoms with Crippen LogP contribution in [0, 0.1) is 5.41 Å². The highest BCUT2D eigenvalue weighted by atomic mass is 35.5. The Hall–Kier alpha value is -0.760. The molecule has 1 aromatic rings. The molecule has 0 aliphatic carbocycles. The summed E-state index contributed by atoms with van der Waals surface area (Å²) in [6, 6.07) is 7.53. The van der Waals surface area contributed by atoms with Crippen molar-refractivity contribution in [3.05, 3.63) is 29.3 Å². The van der Waals surface area contributed by atoms with Crippen molar-refractivity contribution in [1.29, 1.82) is 0 Å². The van der Waals surface area contributed by atoms with Gasteiger partial charge in [0.25, 0.3) is 0 Å². The van der Waals surface area contributed by atoms with Crippen molar-refractivity contribution >= 4 is 42.3 Å². The average Bonchev–Trinajstić information content (AvgIpc) is 2.70. The first kappa shape index (κ1) is 26.3. The standard InChI is InChI=1S/C20H30ClN3O3.2ClH/c1-26-16-20(6-8-22-9-7-20)19(25)24-12-10-23(11-13-24)14-15-27-18-5-3-2-4-17(18)21;;/h2-5,22H,6-16H2,1H3;2*1H. The van der Waals surface area contributed by atoms with E-state index in [0.29, 0.717) is 18.2 Å². The summed E-state index contributed by atoms with van der Waals surface area (Å²) in [5.41, 5.74) is -0.352. The fraction of sp³-hybridized carbons (Fsp3) is 0.650. The Bertz CT molecular complexity index is 616. The number of halogens is 3. The van der Waals surface area contributed by atoms with Gasteiger partial charge in [0, 0.05) is 39.8 Å². The maximum Gasteiger partial charge on any atom is 0.231 e. The van der Waals surface area contributed by atoms with Crippen LogP contribution in [0.15, 0.2) is 24.3 Å². The van der Waals surface area contributed by atoms with Crippen LogP contribution in [0.2, 0.25) is 5.02 Å². The number of hydrogen-bond acceptors (Lipinski definition) is 5. The summed E-state index contributed by atoms with van der Waals surface area (Å²) in [4.78, 5) is 17.5. The minimum atomic E-state index is -0.352. The molecule has 0 saturated carbocycles. The van der Waals surface area contributed by atoms with Crippen LogP contribution in [-0.2, 0) is 9.53 Å². The molecule has 1 aromatic carbocycles. The molecule has 0 radical (unpaired) electrons. The molecule has 2 aliphatic heterocycles. The van der Waals surface area contributed by atoms with Gasteiger partial charge < -0.3 is 19.7 Å². The van der Waals surface area contributed by atoms with E-state index in [2.05, 4.69) is 10.2 Å².